The van der Waals surface area contributed by atoms with E-state index in [1.54, 1.807) is 6.20 Å². The average Bonchev–Trinajstić information content (AvgIpc) is 2.94. The molecule has 0 radical (unpaired) electrons. The van der Waals surface area contributed by atoms with Crippen LogP contribution in [-0.2, 0) is 0 Å². The highest BCUT2D eigenvalue weighted by Gasteiger charge is 2.14. The van der Waals surface area contributed by atoms with Crippen LogP contribution in [0.5, 0.6) is 6.08 Å². The minimum absolute atomic E-state index is 0.00960. The van der Waals surface area contributed by atoms with Crippen molar-refractivity contribution in [3.63, 3.8) is 0 Å². The van der Waals surface area contributed by atoms with E-state index in [-0.39, 0.29) is 12.2 Å². The van der Waals surface area contributed by atoms with Crippen LogP contribution in [0, 0.1) is 0 Å². The molecule has 3 aromatic rings. The van der Waals surface area contributed by atoms with Crippen molar-refractivity contribution in [1.82, 2.24) is 19.6 Å². The van der Waals surface area contributed by atoms with Crippen molar-refractivity contribution in [3.8, 4) is 17.7 Å². The van der Waals surface area contributed by atoms with E-state index in [0.717, 1.165) is 15.8 Å². The highest BCUT2D eigenvalue weighted by Crippen LogP contribution is 2.23. The molecule has 0 saturated heterocycles. The standard InChI is InChI=1S/C12H11BrN4O2/c1-7(2)18-12-16-15-11(19-12)9-5-14-10-4-3-8(13)6-17(9)10/h3-7H,1-2H3. The highest BCUT2D eigenvalue weighted by molar-refractivity contribution is 9.10. The van der Waals surface area contributed by atoms with Gasteiger partial charge in [0, 0.05) is 10.7 Å². The lowest BCUT2D eigenvalue weighted by Gasteiger charge is -2.02. The Morgan fingerprint density at radius 2 is 2.16 bits per heavy atom. The molecule has 3 aromatic heterocycles. The van der Waals surface area contributed by atoms with Crippen LogP contribution < -0.4 is 4.74 Å². The van der Waals surface area contributed by atoms with Gasteiger partial charge in [-0.1, -0.05) is 5.10 Å². The number of fused-ring (bicyclic) bond motifs is 1. The van der Waals surface area contributed by atoms with Crippen LogP contribution in [0.2, 0.25) is 0 Å². The van der Waals surface area contributed by atoms with Gasteiger partial charge in [0.15, 0.2) is 0 Å². The van der Waals surface area contributed by atoms with Gasteiger partial charge in [-0.15, -0.1) is 5.10 Å². The Kier molecular flexibility index (Phi) is 2.98. The molecule has 0 fully saturated rings. The number of hydrogen-bond acceptors (Lipinski definition) is 5. The lowest BCUT2D eigenvalue weighted by molar-refractivity contribution is 0.177. The van der Waals surface area contributed by atoms with Gasteiger partial charge in [-0.05, 0) is 41.9 Å². The summed E-state index contributed by atoms with van der Waals surface area (Å²) >= 11 is 3.42. The number of nitrogens with zero attached hydrogens (tertiary/aromatic N) is 4. The summed E-state index contributed by atoms with van der Waals surface area (Å²) in [6, 6.07) is 3.82. The Hall–Kier alpha value is -1.89. The molecule has 0 amide bonds. The third-order valence-corrected chi connectivity index (χ3v) is 2.90. The predicted molar refractivity (Wildman–Crippen MR) is 71.9 cm³/mol. The van der Waals surface area contributed by atoms with Crippen molar-refractivity contribution in [2.75, 3.05) is 0 Å². The Balaban J connectivity index is 2.04. The van der Waals surface area contributed by atoms with Crippen LogP contribution >= 0.6 is 15.9 Å². The molecule has 6 nitrogen and oxygen atoms in total. The zero-order valence-electron chi connectivity index (χ0n) is 10.4. The molecule has 0 aliphatic heterocycles. The molecule has 0 aromatic carbocycles. The fourth-order valence-corrected chi connectivity index (χ4v) is 2.01. The van der Waals surface area contributed by atoms with Crippen molar-refractivity contribution in [3.05, 3.63) is 29.0 Å². The highest BCUT2D eigenvalue weighted by atomic mass is 79.9. The van der Waals surface area contributed by atoms with Gasteiger partial charge in [0.25, 0.3) is 5.89 Å². The van der Waals surface area contributed by atoms with E-state index in [1.807, 2.05) is 36.6 Å². The first-order valence-corrected chi connectivity index (χ1v) is 6.56. The molecule has 0 N–H and O–H groups in total. The first-order chi connectivity index (χ1) is 9.13. The topological polar surface area (TPSA) is 65.5 Å². The van der Waals surface area contributed by atoms with E-state index in [4.69, 9.17) is 9.15 Å². The molecule has 0 aliphatic carbocycles. The van der Waals surface area contributed by atoms with E-state index in [1.165, 1.54) is 0 Å². The zero-order chi connectivity index (χ0) is 13.4. The fourth-order valence-electron chi connectivity index (χ4n) is 1.68. The van der Waals surface area contributed by atoms with Crippen molar-refractivity contribution in [2.24, 2.45) is 0 Å². The van der Waals surface area contributed by atoms with Crippen LogP contribution in [0.4, 0.5) is 0 Å². The van der Waals surface area contributed by atoms with Crippen LogP contribution in [0.15, 0.2) is 33.4 Å². The summed E-state index contributed by atoms with van der Waals surface area (Å²) in [6.45, 7) is 3.80. The van der Waals surface area contributed by atoms with Gasteiger partial charge in [0.1, 0.15) is 11.3 Å². The van der Waals surface area contributed by atoms with Crippen molar-refractivity contribution in [1.29, 1.82) is 0 Å². The molecule has 0 atom stereocenters. The second kappa shape index (κ2) is 4.65. The monoisotopic (exact) mass is 322 g/mol. The van der Waals surface area contributed by atoms with Crippen molar-refractivity contribution < 1.29 is 9.15 Å². The summed E-state index contributed by atoms with van der Waals surface area (Å²) in [4.78, 5) is 4.28. The Labute approximate surface area is 117 Å². The molecule has 0 aliphatic rings. The number of ether oxygens (including phenoxy) is 1. The van der Waals surface area contributed by atoms with Crippen molar-refractivity contribution in [2.45, 2.75) is 20.0 Å². The number of hydrogen-bond donors (Lipinski definition) is 0. The van der Waals surface area contributed by atoms with Gasteiger partial charge in [-0.25, -0.2) is 4.98 Å². The van der Waals surface area contributed by atoms with Crippen molar-refractivity contribution >= 4 is 21.6 Å². The van der Waals surface area contributed by atoms with E-state index in [2.05, 4.69) is 31.1 Å². The maximum Gasteiger partial charge on any atom is 0.415 e. The summed E-state index contributed by atoms with van der Waals surface area (Å²) in [5, 5.41) is 7.82. The third kappa shape index (κ3) is 2.33. The number of pyridine rings is 1. The molecule has 3 heterocycles. The lowest BCUT2D eigenvalue weighted by Crippen LogP contribution is -2.05. The first kappa shape index (κ1) is 12.2. The molecule has 19 heavy (non-hydrogen) atoms. The third-order valence-electron chi connectivity index (χ3n) is 2.43. The molecular weight excluding hydrogens is 312 g/mol. The minimum atomic E-state index is -0.00960. The Bertz CT molecular complexity index is 719. The van der Waals surface area contributed by atoms with Crippen LogP contribution in [0.25, 0.3) is 17.2 Å². The molecule has 0 bridgehead atoms. The van der Waals surface area contributed by atoms with E-state index in [0.29, 0.717) is 5.89 Å². The van der Waals surface area contributed by atoms with E-state index < -0.39 is 0 Å². The summed E-state index contributed by atoms with van der Waals surface area (Å²) < 4.78 is 13.6. The maximum absolute atomic E-state index is 5.47. The van der Waals surface area contributed by atoms with Gasteiger partial charge in [0.2, 0.25) is 0 Å². The first-order valence-electron chi connectivity index (χ1n) is 5.76. The number of rotatable bonds is 3. The predicted octanol–water partition coefficient (Wildman–Crippen LogP) is 2.93. The summed E-state index contributed by atoms with van der Waals surface area (Å²) in [5.74, 6) is 0.376. The molecule has 98 valence electrons. The van der Waals surface area contributed by atoms with Gasteiger partial charge >= 0.3 is 6.08 Å². The second-order valence-electron chi connectivity index (χ2n) is 4.26. The van der Waals surface area contributed by atoms with E-state index >= 15 is 0 Å². The summed E-state index contributed by atoms with van der Waals surface area (Å²) in [6.07, 6.45) is 3.74. The summed E-state index contributed by atoms with van der Waals surface area (Å²) in [5.41, 5.74) is 1.53. The zero-order valence-corrected chi connectivity index (χ0v) is 12.0. The van der Waals surface area contributed by atoms with Gasteiger partial charge in [-0.3, -0.25) is 4.40 Å². The molecule has 0 saturated carbocycles. The number of aromatic nitrogens is 4. The smallest absolute Gasteiger partial charge is 0.415 e. The molecule has 3 rings (SSSR count). The minimum Gasteiger partial charge on any atom is -0.446 e. The molecule has 0 spiro atoms. The molecule has 7 heteroatoms. The second-order valence-corrected chi connectivity index (χ2v) is 5.17. The van der Waals surface area contributed by atoms with Gasteiger partial charge in [-0.2, -0.15) is 0 Å². The van der Waals surface area contributed by atoms with E-state index in [9.17, 15) is 0 Å². The Morgan fingerprint density at radius 3 is 2.95 bits per heavy atom. The normalized spacial score (nSPS) is 11.4. The van der Waals surface area contributed by atoms with Gasteiger partial charge in [0.05, 0.1) is 12.3 Å². The van der Waals surface area contributed by atoms with Crippen LogP contribution in [0.1, 0.15) is 13.8 Å². The van der Waals surface area contributed by atoms with Crippen LogP contribution in [0.3, 0.4) is 0 Å². The van der Waals surface area contributed by atoms with Crippen LogP contribution in [-0.4, -0.2) is 25.7 Å². The number of halogens is 1. The lowest BCUT2D eigenvalue weighted by atomic mass is 10.4. The molecular formula is C12H11BrN4O2. The average molecular weight is 323 g/mol. The molecule has 0 unspecified atom stereocenters. The van der Waals surface area contributed by atoms with Gasteiger partial charge < -0.3 is 9.15 Å². The Morgan fingerprint density at radius 1 is 1.32 bits per heavy atom. The quantitative estimate of drug-likeness (QED) is 0.741. The number of imidazole rings is 1. The summed E-state index contributed by atoms with van der Waals surface area (Å²) in [7, 11) is 0. The maximum atomic E-state index is 5.47. The largest absolute Gasteiger partial charge is 0.446 e. The SMILES string of the molecule is CC(C)Oc1nnc(-c2cnc3ccc(Br)cn23)o1. The fraction of sp³-hybridized carbons (Fsp3) is 0.250.